The van der Waals surface area contributed by atoms with Crippen molar-refractivity contribution >= 4 is 17.2 Å². The first-order valence-corrected chi connectivity index (χ1v) is 8.45. The van der Waals surface area contributed by atoms with Gasteiger partial charge in [-0.25, -0.2) is 9.37 Å². The van der Waals surface area contributed by atoms with Gasteiger partial charge in [-0.2, -0.15) is 0 Å². The average Bonchev–Trinajstić information content (AvgIpc) is 3.03. The van der Waals surface area contributed by atoms with Crippen molar-refractivity contribution in [3.05, 3.63) is 59.2 Å². The van der Waals surface area contributed by atoms with Crippen molar-refractivity contribution in [2.75, 3.05) is 13.2 Å². The maximum absolute atomic E-state index is 13.3. The molecule has 1 aliphatic rings. The zero-order chi connectivity index (χ0) is 17.2. The Kier molecular flexibility index (Phi) is 4.10. The Balaban J connectivity index is 1.57. The summed E-state index contributed by atoms with van der Waals surface area (Å²) in [6, 6.07) is 4.37. The molecule has 3 aromatic rings. The summed E-state index contributed by atoms with van der Waals surface area (Å²) in [7, 11) is 0. The van der Waals surface area contributed by atoms with E-state index in [1.54, 1.807) is 35.8 Å². The number of carbonyl (C=O) groups excluding carboxylic acids is 1. The van der Waals surface area contributed by atoms with Crippen LogP contribution in [-0.4, -0.2) is 38.9 Å². The van der Waals surface area contributed by atoms with Crippen molar-refractivity contribution in [1.29, 1.82) is 0 Å². The molecule has 0 fully saturated rings. The fourth-order valence-electron chi connectivity index (χ4n) is 2.57. The molecule has 1 amide bonds. The van der Waals surface area contributed by atoms with E-state index >= 15 is 0 Å². The van der Waals surface area contributed by atoms with Crippen LogP contribution in [0, 0.1) is 5.82 Å². The second-order valence-corrected chi connectivity index (χ2v) is 6.48. The normalized spacial score (nSPS) is 13.7. The predicted octanol–water partition coefficient (Wildman–Crippen LogP) is 2.77. The largest absolute Gasteiger partial charge is 0.491 e. The molecule has 8 heteroatoms. The van der Waals surface area contributed by atoms with Crippen LogP contribution in [-0.2, 0) is 6.54 Å². The smallest absolute Gasteiger partial charge is 0.266 e. The first-order chi connectivity index (χ1) is 12.2. The molecule has 0 saturated carbocycles. The minimum absolute atomic E-state index is 0.131. The van der Waals surface area contributed by atoms with Gasteiger partial charge in [0.05, 0.1) is 18.9 Å². The Morgan fingerprint density at radius 1 is 1.24 bits per heavy atom. The second-order valence-electron chi connectivity index (χ2n) is 5.45. The monoisotopic (exact) mass is 356 g/mol. The Hall–Kier alpha value is -2.87. The number of ether oxygens (including phenoxy) is 1. The molecular formula is C17H13FN4O2S. The first-order valence-electron chi connectivity index (χ1n) is 7.63. The number of carbonyl (C=O) groups is 1. The lowest BCUT2D eigenvalue weighted by Crippen LogP contribution is -2.31. The number of benzene rings is 1. The summed E-state index contributed by atoms with van der Waals surface area (Å²) in [5, 5.41) is 0.644. The van der Waals surface area contributed by atoms with Crippen LogP contribution in [0.1, 0.15) is 15.2 Å². The van der Waals surface area contributed by atoms with Crippen LogP contribution < -0.4 is 4.74 Å². The van der Waals surface area contributed by atoms with Crippen LogP contribution in [0.25, 0.3) is 10.7 Å². The van der Waals surface area contributed by atoms with Gasteiger partial charge in [-0.15, -0.1) is 11.3 Å². The number of halogens is 1. The summed E-state index contributed by atoms with van der Waals surface area (Å²) < 4.78 is 18.9. The average molecular weight is 356 g/mol. The Morgan fingerprint density at radius 3 is 3.00 bits per heavy atom. The van der Waals surface area contributed by atoms with Gasteiger partial charge in [-0.3, -0.25) is 14.8 Å². The van der Waals surface area contributed by atoms with Gasteiger partial charge in [0, 0.05) is 30.6 Å². The minimum Gasteiger partial charge on any atom is -0.491 e. The lowest BCUT2D eigenvalue weighted by molar-refractivity contribution is 0.0738. The lowest BCUT2D eigenvalue weighted by atomic mass is 10.2. The number of amides is 1. The molecule has 126 valence electrons. The third-order valence-corrected chi connectivity index (χ3v) is 4.80. The molecule has 0 spiro atoms. The van der Waals surface area contributed by atoms with Gasteiger partial charge in [0.15, 0.2) is 0 Å². The molecule has 0 bridgehead atoms. The molecule has 1 aliphatic heterocycles. The van der Waals surface area contributed by atoms with Crippen molar-refractivity contribution in [2.45, 2.75) is 6.54 Å². The Morgan fingerprint density at radius 2 is 2.16 bits per heavy atom. The number of nitrogens with zero attached hydrogens (tertiary/aromatic N) is 4. The van der Waals surface area contributed by atoms with E-state index in [9.17, 15) is 9.18 Å². The quantitative estimate of drug-likeness (QED) is 0.706. The van der Waals surface area contributed by atoms with Gasteiger partial charge in [-0.05, 0) is 6.07 Å². The van der Waals surface area contributed by atoms with Crippen LogP contribution in [0.2, 0.25) is 0 Å². The van der Waals surface area contributed by atoms with Crippen LogP contribution in [0.15, 0.2) is 43.0 Å². The van der Waals surface area contributed by atoms with Gasteiger partial charge in [0.1, 0.15) is 33.8 Å². The van der Waals surface area contributed by atoms with Crippen molar-refractivity contribution in [3.8, 4) is 16.5 Å². The highest BCUT2D eigenvalue weighted by molar-refractivity contribution is 7.16. The second kappa shape index (κ2) is 6.56. The first kappa shape index (κ1) is 15.6. The lowest BCUT2D eigenvalue weighted by Gasteiger charge is -2.18. The topological polar surface area (TPSA) is 68.2 Å². The fourth-order valence-corrected chi connectivity index (χ4v) is 3.42. The van der Waals surface area contributed by atoms with Crippen LogP contribution in [0.3, 0.4) is 0 Å². The molecule has 1 aromatic carbocycles. The van der Waals surface area contributed by atoms with Gasteiger partial charge >= 0.3 is 0 Å². The number of hydrogen-bond donors (Lipinski definition) is 0. The van der Waals surface area contributed by atoms with E-state index in [-0.39, 0.29) is 11.7 Å². The third-order valence-electron chi connectivity index (χ3n) is 3.80. The SMILES string of the molecule is O=C(c1cnc(-c2cnccn2)s1)N1CCOc2cc(F)ccc2C1. The molecule has 0 N–H and O–H groups in total. The standard InChI is InChI=1S/C17H13FN4O2S/c18-12-2-1-11-10-22(5-6-24-14(11)7-12)17(23)15-9-21-16(25-15)13-8-19-3-4-20-13/h1-4,7-9H,5-6,10H2. The Bertz CT molecular complexity index is 916. The van der Waals surface area contributed by atoms with Crippen LogP contribution in [0.4, 0.5) is 4.39 Å². The molecule has 25 heavy (non-hydrogen) atoms. The van der Waals surface area contributed by atoms with E-state index in [4.69, 9.17) is 4.74 Å². The molecular weight excluding hydrogens is 343 g/mol. The molecule has 0 aliphatic carbocycles. The van der Waals surface area contributed by atoms with E-state index in [1.165, 1.54) is 23.5 Å². The molecule has 0 radical (unpaired) electrons. The fraction of sp³-hybridized carbons (Fsp3) is 0.176. The van der Waals surface area contributed by atoms with E-state index in [1.807, 2.05) is 0 Å². The van der Waals surface area contributed by atoms with Crippen LogP contribution >= 0.6 is 11.3 Å². The summed E-state index contributed by atoms with van der Waals surface area (Å²) in [5.74, 6) is 0.00265. The van der Waals surface area contributed by atoms with Gasteiger partial charge in [0.25, 0.3) is 5.91 Å². The summed E-state index contributed by atoms with van der Waals surface area (Å²) in [5.41, 5.74) is 1.41. The summed E-state index contributed by atoms with van der Waals surface area (Å²) in [6.45, 7) is 1.11. The van der Waals surface area contributed by atoms with Gasteiger partial charge < -0.3 is 9.64 Å². The molecule has 0 unspecified atom stereocenters. The molecule has 3 heterocycles. The zero-order valence-electron chi connectivity index (χ0n) is 13.1. The number of fused-ring (bicyclic) bond motifs is 1. The van der Waals surface area contributed by atoms with Gasteiger partial charge in [-0.1, -0.05) is 6.07 Å². The van der Waals surface area contributed by atoms with Crippen molar-refractivity contribution < 1.29 is 13.9 Å². The molecule has 6 nitrogen and oxygen atoms in total. The van der Waals surface area contributed by atoms with E-state index in [0.29, 0.717) is 41.0 Å². The molecule has 4 rings (SSSR count). The van der Waals surface area contributed by atoms with E-state index < -0.39 is 0 Å². The number of aromatic nitrogens is 3. The maximum atomic E-state index is 13.3. The highest BCUT2D eigenvalue weighted by Crippen LogP contribution is 2.27. The zero-order valence-corrected chi connectivity index (χ0v) is 13.9. The highest BCUT2D eigenvalue weighted by Gasteiger charge is 2.23. The summed E-state index contributed by atoms with van der Waals surface area (Å²) in [4.78, 5) is 27.5. The highest BCUT2D eigenvalue weighted by atomic mass is 32.1. The summed E-state index contributed by atoms with van der Waals surface area (Å²) in [6.07, 6.45) is 6.33. The van der Waals surface area contributed by atoms with E-state index in [2.05, 4.69) is 15.0 Å². The molecule has 0 saturated heterocycles. The van der Waals surface area contributed by atoms with Crippen molar-refractivity contribution in [3.63, 3.8) is 0 Å². The molecule has 2 aromatic heterocycles. The minimum atomic E-state index is -0.352. The molecule has 0 atom stereocenters. The summed E-state index contributed by atoms with van der Waals surface area (Å²) >= 11 is 1.27. The van der Waals surface area contributed by atoms with Crippen molar-refractivity contribution in [1.82, 2.24) is 19.9 Å². The van der Waals surface area contributed by atoms with Gasteiger partial charge in [0.2, 0.25) is 0 Å². The number of rotatable bonds is 2. The Labute approximate surface area is 146 Å². The number of hydrogen-bond acceptors (Lipinski definition) is 6. The number of thiazole rings is 1. The third kappa shape index (κ3) is 3.20. The van der Waals surface area contributed by atoms with Crippen molar-refractivity contribution in [2.24, 2.45) is 0 Å². The van der Waals surface area contributed by atoms with E-state index in [0.717, 1.165) is 5.56 Å². The maximum Gasteiger partial charge on any atom is 0.266 e. The predicted molar refractivity (Wildman–Crippen MR) is 89.8 cm³/mol. The van der Waals surface area contributed by atoms with Crippen LogP contribution in [0.5, 0.6) is 5.75 Å².